The van der Waals surface area contributed by atoms with Gasteiger partial charge in [-0.1, -0.05) is 0 Å². The standard InChI is InChI=1S/C14H20N4O2/c1-9-5-13(18(2)17-9)14(16-15)10-6-11(19-3)8-12(7-10)20-4/h5-8,14,16H,15H2,1-4H3. The molecule has 0 spiro atoms. The Morgan fingerprint density at radius 1 is 1.15 bits per heavy atom. The normalized spacial score (nSPS) is 12.2. The van der Waals surface area contributed by atoms with Crippen LogP contribution in [-0.2, 0) is 7.05 Å². The topological polar surface area (TPSA) is 74.3 Å². The Kier molecular flexibility index (Phi) is 4.26. The van der Waals surface area contributed by atoms with E-state index in [1.54, 1.807) is 14.2 Å². The number of benzene rings is 1. The zero-order valence-corrected chi connectivity index (χ0v) is 12.2. The molecule has 0 aliphatic carbocycles. The van der Waals surface area contributed by atoms with Crippen LogP contribution in [0, 0.1) is 6.92 Å². The number of hydrazine groups is 1. The lowest BCUT2D eigenvalue weighted by Gasteiger charge is -2.18. The van der Waals surface area contributed by atoms with Crippen molar-refractivity contribution in [2.75, 3.05) is 14.2 Å². The summed E-state index contributed by atoms with van der Waals surface area (Å²) in [6.45, 7) is 1.95. The predicted octanol–water partition coefficient (Wildman–Crippen LogP) is 1.30. The van der Waals surface area contributed by atoms with Crippen molar-refractivity contribution in [3.8, 4) is 11.5 Å². The summed E-state index contributed by atoms with van der Waals surface area (Å²) in [6, 6.07) is 7.48. The molecule has 1 unspecified atom stereocenters. The molecule has 1 atom stereocenters. The van der Waals surface area contributed by atoms with Gasteiger partial charge in [0.15, 0.2) is 0 Å². The molecular weight excluding hydrogens is 256 g/mol. The number of nitrogens with zero attached hydrogens (tertiary/aromatic N) is 2. The molecule has 1 aromatic heterocycles. The third-order valence-electron chi connectivity index (χ3n) is 3.21. The molecule has 20 heavy (non-hydrogen) atoms. The van der Waals surface area contributed by atoms with Gasteiger partial charge in [0.2, 0.25) is 0 Å². The Bertz CT molecular complexity index is 573. The lowest BCUT2D eigenvalue weighted by Crippen LogP contribution is -2.30. The maximum atomic E-state index is 5.73. The van der Waals surface area contributed by atoms with Crippen molar-refractivity contribution < 1.29 is 9.47 Å². The monoisotopic (exact) mass is 276 g/mol. The number of hydrogen-bond donors (Lipinski definition) is 2. The van der Waals surface area contributed by atoms with Crippen LogP contribution < -0.4 is 20.7 Å². The first-order valence-corrected chi connectivity index (χ1v) is 6.28. The molecule has 3 N–H and O–H groups in total. The van der Waals surface area contributed by atoms with E-state index in [9.17, 15) is 0 Å². The number of aromatic nitrogens is 2. The molecule has 0 fully saturated rings. The molecule has 0 radical (unpaired) electrons. The second-order valence-corrected chi connectivity index (χ2v) is 4.58. The summed E-state index contributed by atoms with van der Waals surface area (Å²) in [7, 11) is 5.14. The fourth-order valence-corrected chi connectivity index (χ4v) is 2.25. The van der Waals surface area contributed by atoms with Crippen LogP contribution in [-0.4, -0.2) is 24.0 Å². The van der Waals surface area contributed by atoms with Crippen LogP contribution in [0.5, 0.6) is 11.5 Å². The van der Waals surface area contributed by atoms with Crippen molar-refractivity contribution in [1.29, 1.82) is 0 Å². The van der Waals surface area contributed by atoms with Crippen LogP contribution in [0.2, 0.25) is 0 Å². The van der Waals surface area contributed by atoms with Crippen molar-refractivity contribution >= 4 is 0 Å². The molecule has 0 amide bonds. The van der Waals surface area contributed by atoms with Gasteiger partial charge in [0.25, 0.3) is 0 Å². The summed E-state index contributed by atoms with van der Waals surface area (Å²) in [5, 5.41) is 4.35. The molecule has 6 nitrogen and oxygen atoms in total. The van der Waals surface area contributed by atoms with Gasteiger partial charge in [-0.3, -0.25) is 10.5 Å². The van der Waals surface area contributed by atoms with E-state index in [4.69, 9.17) is 15.3 Å². The van der Waals surface area contributed by atoms with Gasteiger partial charge in [-0.15, -0.1) is 0 Å². The van der Waals surface area contributed by atoms with Gasteiger partial charge in [-0.25, -0.2) is 5.43 Å². The number of methoxy groups -OCH3 is 2. The minimum Gasteiger partial charge on any atom is -0.497 e. The average molecular weight is 276 g/mol. The molecule has 0 aliphatic heterocycles. The van der Waals surface area contributed by atoms with Gasteiger partial charge in [0, 0.05) is 13.1 Å². The molecular formula is C14H20N4O2. The average Bonchev–Trinajstić information content (AvgIpc) is 2.78. The second kappa shape index (κ2) is 5.94. The quantitative estimate of drug-likeness (QED) is 0.636. The summed E-state index contributed by atoms with van der Waals surface area (Å²) in [6.07, 6.45) is 0. The smallest absolute Gasteiger partial charge is 0.122 e. The molecule has 0 aliphatic rings. The van der Waals surface area contributed by atoms with Crippen molar-refractivity contribution in [2.45, 2.75) is 13.0 Å². The zero-order chi connectivity index (χ0) is 14.7. The number of nitrogens with one attached hydrogen (secondary N) is 1. The van der Waals surface area contributed by atoms with E-state index in [1.807, 2.05) is 42.9 Å². The zero-order valence-electron chi connectivity index (χ0n) is 12.2. The van der Waals surface area contributed by atoms with E-state index in [0.29, 0.717) is 0 Å². The van der Waals surface area contributed by atoms with E-state index in [2.05, 4.69) is 10.5 Å². The van der Waals surface area contributed by atoms with E-state index in [0.717, 1.165) is 28.5 Å². The first-order valence-electron chi connectivity index (χ1n) is 6.28. The highest BCUT2D eigenvalue weighted by Crippen LogP contribution is 2.29. The third kappa shape index (κ3) is 2.76. The van der Waals surface area contributed by atoms with E-state index >= 15 is 0 Å². The largest absolute Gasteiger partial charge is 0.497 e. The summed E-state index contributed by atoms with van der Waals surface area (Å²) in [5.74, 6) is 7.17. The Labute approximate surface area is 118 Å². The van der Waals surface area contributed by atoms with Crippen LogP contribution in [0.25, 0.3) is 0 Å². The van der Waals surface area contributed by atoms with Crippen molar-refractivity contribution in [2.24, 2.45) is 12.9 Å². The van der Waals surface area contributed by atoms with Gasteiger partial charge >= 0.3 is 0 Å². The van der Waals surface area contributed by atoms with Gasteiger partial charge in [-0.05, 0) is 30.7 Å². The van der Waals surface area contributed by atoms with Crippen LogP contribution in [0.1, 0.15) is 23.0 Å². The van der Waals surface area contributed by atoms with Crippen molar-refractivity contribution in [3.05, 3.63) is 41.2 Å². The van der Waals surface area contributed by atoms with Gasteiger partial charge in [0.1, 0.15) is 11.5 Å². The lowest BCUT2D eigenvalue weighted by molar-refractivity contribution is 0.392. The van der Waals surface area contributed by atoms with E-state index in [-0.39, 0.29) is 6.04 Å². The number of ether oxygens (including phenoxy) is 2. The second-order valence-electron chi connectivity index (χ2n) is 4.58. The summed E-state index contributed by atoms with van der Waals surface area (Å²) >= 11 is 0. The fourth-order valence-electron chi connectivity index (χ4n) is 2.25. The Balaban J connectivity index is 2.48. The van der Waals surface area contributed by atoms with E-state index in [1.165, 1.54) is 0 Å². The van der Waals surface area contributed by atoms with Crippen LogP contribution in [0.15, 0.2) is 24.3 Å². The number of aryl methyl sites for hydroxylation is 2. The van der Waals surface area contributed by atoms with Gasteiger partial charge in [-0.2, -0.15) is 5.10 Å². The first kappa shape index (κ1) is 14.4. The molecule has 1 heterocycles. The molecule has 0 saturated carbocycles. The van der Waals surface area contributed by atoms with Crippen LogP contribution in [0.4, 0.5) is 0 Å². The summed E-state index contributed by atoms with van der Waals surface area (Å²) in [4.78, 5) is 0. The Morgan fingerprint density at radius 3 is 2.15 bits per heavy atom. The van der Waals surface area contributed by atoms with Crippen molar-refractivity contribution in [1.82, 2.24) is 15.2 Å². The minimum absolute atomic E-state index is 0.190. The molecule has 1 aromatic carbocycles. The molecule has 0 saturated heterocycles. The van der Waals surface area contributed by atoms with Crippen LogP contribution >= 0.6 is 0 Å². The molecule has 0 bridgehead atoms. The highest BCUT2D eigenvalue weighted by Gasteiger charge is 2.18. The number of rotatable bonds is 5. The number of hydrogen-bond acceptors (Lipinski definition) is 5. The fraction of sp³-hybridized carbons (Fsp3) is 0.357. The molecule has 6 heteroatoms. The predicted molar refractivity (Wildman–Crippen MR) is 76.7 cm³/mol. The maximum Gasteiger partial charge on any atom is 0.122 e. The third-order valence-corrected chi connectivity index (χ3v) is 3.21. The molecule has 108 valence electrons. The lowest BCUT2D eigenvalue weighted by atomic mass is 10.0. The maximum absolute atomic E-state index is 5.73. The molecule has 2 rings (SSSR count). The van der Waals surface area contributed by atoms with Gasteiger partial charge < -0.3 is 9.47 Å². The number of nitrogens with two attached hydrogens (primary N) is 1. The Hall–Kier alpha value is -2.05. The first-order chi connectivity index (χ1) is 9.58. The minimum atomic E-state index is -0.190. The summed E-state index contributed by atoms with van der Waals surface area (Å²) < 4.78 is 12.4. The highest BCUT2D eigenvalue weighted by atomic mass is 16.5. The Morgan fingerprint density at radius 2 is 1.75 bits per heavy atom. The highest BCUT2D eigenvalue weighted by molar-refractivity contribution is 5.42. The van der Waals surface area contributed by atoms with E-state index < -0.39 is 0 Å². The van der Waals surface area contributed by atoms with Crippen molar-refractivity contribution in [3.63, 3.8) is 0 Å². The van der Waals surface area contributed by atoms with Gasteiger partial charge in [0.05, 0.1) is 31.6 Å². The summed E-state index contributed by atoms with van der Waals surface area (Å²) in [5.41, 5.74) is 5.68. The van der Waals surface area contributed by atoms with Crippen LogP contribution in [0.3, 0.4) is 0 Å². The SMILES string of the molecule is COc1cc(OC)cc(C(NN)c2cc(C)nn2C)c1. The molecule has 2 aromatic rings.